The molecule has 0 saturated carbocycles. The lowest BCUT2D eigenvalue weighted by Crippen LogP contribution is -2.42. The van der Waals surface area contributed by atoms with E-state index in [0.717, 1.165) is 0 Å². The number of hydrogen-bond acceptors (Lipinski definition) is 3. The third-order valence-electron chi connectivity index (χ3n) is 2.20. The summed E-state index contributed by atoms with van der Waals surface area (Å²) < 4.78 is 5.01. The monoisotopic (exact) mass is 231 g/mol. The zero-order chi connectivity index (χ0) is 12.7. The van der Waals surface area contributed by atoms with E-state index in [1.54, 1.807) is 6.92 Å². The predicted molar refractivity (Wildman–Crippen MR) is 60.3 cm³/mol. The smallest absolute Gasteiger partial charge is 0.410 e. The van der Waals surface area contributed by atoms with Crippen molar-refractivity contribution >= 4 is 12.1 Å². The van der Waals surface area contributed by atoms with Gasteiger partial charge in [0.25, 0.3) is 0 Å². The second-order valence-corrected chi connectivity index (χ2v) is 4.25. The Hall–Kier alpha value is -1.26. The van der Waals surface area contributed by atoms with Crippen LogP contribution in [0.25, 0.3) is 0 Å². The van der Waals surface area contributed by atoms with Gasteiger partial charge in [-0.3, -0.25) is 9.69 Å². The van der Waals surface area contributed by atoms with Crippen LogP contribution < -0.4 is 0 Å². The fourth-order valence-electron chi connectivity index (χ4n) is 1.09. The van der Waals surface area contributed by atoms with Crippen LogP contribution in [-0.4, -0.2) is 41.3 Å². The Labute approximate surface area is 96.4 Å². The van der Waals surface area contributed by atoms with Crippen molar-refractivity contribution in [3.05, 3.63) is 0 Å². The van der Waals surface area contributed by atoms with Gasteiger partial charge in [-0.15, -0.1) is 0 Å². The van der Waals surface area contributed by atoms with E-state index in [1.165, 1.54) is 4.90 Å². The minimum absolute atomic E-state index is 0.129. The van der Waals surface area contributed by atoms with E-state index in [-0.39, 0.29) is 18.5 Å². The van der Waals surface area contributed by atoms with Crippen LogP contribution in [0.4, 0.5) is 4.79 Å². The summed E-state index contributed by atoms with van der Waals surface area (Å²) in [6.07, 6.45) is 0.148. The van der Waals surface area contributed by atoms with Crippen molar-refractivity contribution in [3.63, 3.8) is 0 Å². The lowest BCUT2D eigenvalue weighted by molar-refractivity contribution is -0.138. The number of amides is 1. The molecular formula is C11H21NO4. The van der Waals surface area contributed by atoms with Crippen molar-refractivity contribution in [1.82, 2.24) is 4.90 Å². The molecule has 94 valence electrons. The minimum atomic E-state index is -1.03. The van der Waals surface area contributed by atoms with Crippen molar-refractivity contribution in [2.45, 2.75) is 40.2 Å². The third-order valence-corrected chi connectivity index (χ3v) is 2.20. The summed E-state index contributed by atoms with van der Waals surface area (Å²) in [5, 5.41) is 8.71. The average Bonchev–Trinajstić information content (AvgIpc) is 2.21. The fourth-order valence-corrected chi connectivity index (χ4v) is 1.09. The molecule has 1 atom stereocenters. The summed E-state index contributed by atoms with van der Waals surface area (Å²) in [5.41, 5.74) is 0. The highest BCUT2D eigenvalue weighted by Gasteiger charge is 2.22. The first-order valence-corrected chi connectivity index (χ1v) is 5.53. The summed E-state index contributed by atoms with van der Waals surface area (Å²) in [6.45, 7) is 7.56. The Bertz CT molecular complexity index is 240. The Morgan fingerprint density at radius 2 is 1.88 bits per heavy atom. The van der Waals surface area contributed by atoms with Gasteiger partial charge in [0.05, 0.1) is 6.61 Å². The highest BCUT2D eigenvalue weighted by Crippen LogP contribution is 2.06. The van der Waals surface area contributed by atoms with Crippen molar-refractivity contribution in [2.75, 3.05) is 13.2 Å². The van der Waals surface area contributed by atoms with Gasteiger partial charge in [0.1, 0.15) is 6.54 Å². The first-order valence-electron chi connectivity index (χ1n) is 5.53. The largest absolute Gasteiger partial charge is 0.480 e. The maximum absolute atomic E-state index is 11.6. The highest BCUT2D eigenvalue weighted by atomic mass is 16.6. The molecule has 0 aromatic carbocycles. The van der Waals surface area contributed by atoms with Gasteiger partial charge in [-0.25, -0.2) is 4.79 Å². The molecule has 16 heavy (non-hydrogen) atoms. The highest BCUT2D eigenvalue weighted by molar-refractivity contribution is 5.76. The quantitative estimate of drug-likeness (QED) is 0.758. The van der Waals surface area contributed by atoms with Crippen LogP contribution >= 0.6 is 0 Å². The molecule has 0 fully saturated rings. The molecule has 0 saturated heterocycles. The summed E-state index contributed by atoms with van der Waals surface area (Å²) in [5.74, 6) is -0.783. The van der Waals surface area contributed by atoms with Gasteiger partial charge in [0, 0.05) is 6.04 Å². The Morgan fingerprint density at radius 1 is 1.31 bits per heavy atom. The predicted octanol–water partition coefficient (Wildman–Crippen LogP) is 1.96. The minimum Gasteiger partial charge on any atom is -0.480 e. The van der Waals surface area contributed by atoms with Crippen molar-refractivity contribution in [1.29, 1.82) is 0 Å². The Kier molecular flexibility index (Phi) is 6.53. The van der Waals surface area contributed by atoms with Gasteiger partial charge in [-0.05, 0) is 19.3 Å². The number of rotatable bonds is 6. The second kappa shape index (κ2) is 7.09. The van der Waals surface area contributed by atoms with Crippen molar-refractivity contribution in [2.24, 2.45) is 5.92 Å². The number of ether oxygens (including phenoxy) is 1. The third kappa shape index (κ3) is 5.58. The number of hydrogen-bond donors (Lipinski definition) is 1. The van der Waals surface area contributed by atoms with E-state index >= 15 is 0 Å². The molecule has 0 aliphatic carbocycles. The molecule has 0 spiro atoms. The van der Waals surface area contributed by atoms with Crippen LogP contribution in [0.3, 0.4) is 0 Å². The zero-order valence-corrected chi connectivity index (χ0v) is 10.4. The number of carboxylic acids is 1. The van der Waals surface area contributed by atoms with Gasteiger partial charge >= 0.3 is 12.1 Å². The molecule has 0 aliphatic rings. The van der Waals surface area contributed by atoms with Crippen LogP contribution in [0, 0.1) is 5.92 Å². The standard InChI is InChI=1S/C11H21NO4/c1-5-9(4)12(6-10(13)14)11(15)16-7-8(2)3/h8-9H,5-7H2,1-4H3,(H,13,14). The molecule has 0 bridgehead atoms. The summed E-state index contributed by atoms with van der Waals surface area (Å²) in [4.78, 5) is 23.5. The summed E-state index contributed by atoms with van der Waals surface area (Å²) in [6, 6.07) is -0.129. The van der Waals surface area contributed by atoms with Crippen LogP contribution in [0.2, 0.25) is 0 Å². The second-order valence-electron chi connectivity index (χ2n) is 4.25. The molecule has 0 aliphatic heterocycles. The van der Waals surface area contributed by atoms with Crippen LogP contribution in [-0.2, 0) is 9.53 Å². The van der Waals surface area contributed by atoms with Crippen LogP contribution in [0.15, 0.2) is 0 Å². The molecule has 0 radical (unpaired) electrons. The van der Waals surface area contributed by atoms with Gasteiger partial charge in [-0.1, -0.05) is 20.8 Å². The first kappa shape index (κ1) is 14.7. The van der Waals surface area contributed by atoms with E-state index < -0.39 is 12.1 Å². The van der Waals surface area contributed by atoms with Crippen molar-refractivity contribution in [3.8, 4) is 0 Å². The van der Waals surface area contributed by atoms with Gasteiger partial charge in [0.15, 0.2) is 0 Å². The molecule has 1 N–H and O–H groups in total. The topological polar surface area (TPSA) is 66.8 Å². The SMILES string of the molecule is CCC(C)N(CC(=O)O)C(=O)OCC(C)C. The molecule has 1 amide bonds. The molecule has 0 heterocycles. The molecule has 5 heteroatoms. The average molecular weight is 231 g/mol. The fraction of sp³-hybridized carbons (Fsp3) is 0.818. The normalized spacial score (nSPS) is 12.3. The molecule has 0 aromatic heterocycles. The summed E-state index contributed by atoms with van der Waals surface area (Å²) >= 11 is 0. The summed E-state index contributed by atoms with van der Waals surface area (Å²) in [7, 11) is 0. The van der Waals surface area contributed by atoms with E-state index in [9.17, 15) is 9.59 Å². The van der Waals surface area contributed by atoms with E-state index in [4.69, 9.17) is 9.84 Å². The van der Waals surface area contributed by atoms with E-state index in [1.807, 2.05) is 20.8 Å². The maximum Gasteiger partial charge on any atom is 0.410 e. The number of carboxylic acid groups (broad SMARTS) is 1. The van der Waals surface area contributed by atoms with Gasteiger partial charge in [-0.2, -0.15) is 0 Å². The Morgan fingerprint density at radius 3 is 2.25 bits per heavy atom. The van der Waals surface area contributed by atoms with E-state index in [0.29, 0.717) is 13.0 Å². The Balaban J connectivity index is 4.37. The first-order chi connectivity index (χ1) is 7.38. The van der Waals surface area contributed by atoms with Gasteiger partial charge < -0.3 is 9.84 Å². The van der Waals surface area contributed by atoms with Crippen LogP contribution in [0.5, 0.6) is 0 Å². The van der Waals surface area contributed by atoms with Crippen molar-refractivity contribution < 1.29 is 19.4 Å². The number of carbonyl (C=O) groups is 2. The molecule has 1 unspecified atom stereocenters. The maximum atomic E-state index is 11.6. The van der Waals surface area contributed by atoms with Gasteiger partial charge in [0.2, 0.25) is 0 Å². The lowest BCUT2D eigenvalue weighted by Gasteiger charge is -2.26. The lowest BCUT2D eigenvalue weighted by atomic mass is 10.2. The molecule has 0 rings (SSSR count). The number of nitrogens with zero attached hydrogens (tertiary/aromatic N) is 1. The number of aliphatic carboxylic acids is 1. The molecule has 5 nitrogen and oxygen atoms in total. The molecular weight excluding hydrogens is 210 g/mol. The molecule has 0 aromatic rings. The zero-order valence-electron chi connectivity index (χ0n) is 10.4. The van der Waals surface area contributed by atoms with E-state index in [2.05, 4.69) is 0 Å². The van der Waals surface area contributed by atoms with Crippen LogP contribution in [0.1, 0.15) is 34.1 Å². The number of carbonyl (C=O) groups excluding carboxylic acids is 1.